The number of aliphatic imine (C=N–C) groups is 1. The van der Waals surface area contributed by atoms with Crippen LogP contribution in [-0.2, 0) is 10.0 Å². The largest absolute Gasteiger partial charge is 0.357 e. The summed E-state index contributed by atoms with van der Waals surface area (Å²) in [7, 11) is -3.05. The third kappa shape index (κ3) is 6.70. The number of hydrogen-bond donors (Lipinski definition) is 2. The van der Waals surface area contributed by atoms with Gasteiger partial charge in [-0.2, -0.15) is 0 Å². The van der Waals surface area contributed by atoms with Gasteiger partial charge < -0.3 is 15.5 Å². The zero-order chi connectivity index (χ0) is 19.2. The Bertz CT molecular complexity index is 548. The molecular weight excluding hydrogens is 350 g/mol. The van der Waals surface area contributed by atoms with Crippen molar-refractivity contribution >= 4 is 16.0 Å². The lowest BCUT2D eigenvalue weighted by Crippen LogP contribution is -2.50. The molecule has 0 aromatic heterocycles. The Morgan fingerprint density at radius 3 is 2.23 bits per heavy atom. The van der Waals surface area contributed by atoms with Crippen molar-refractivity contribution in [1.29, 1.82) is 0 Å². The van der Waals surface area contributed by atoms with E-state index >= 15 is 0 Å². The van der Waals surface area contributed by atoms with E-state index in [4.69, 9.17) is 4.99 Å². The summed E-state index contributed by atoms with van der Waals surface area (Å²) in [6.45, 7) is 11.7. The highest BCUT2D eigenvalue weighted by Gasteiger charge is 2.25. The molecule has 2 fully saturated rings. The van der Waals surface area contributed by atoms with Crippen LogP contribution >= 0.6 is 0 Å². The monoisotopic (exact) mass is 387 g/mol. The number of rotatable bonds is 6. The Kier molecular flexibility index (Phi) is 8.16. The molecule has 7 nitrogen and oxygen atoms in total. The number of piperidine rings is 2. The maximum Gasteiger partial charge on any atom is 0.211 e. The fraction of sp³-hybridized carbons (Fsp3) is 0.944. The van der Waals surface area contributed by atoms with Crippen molar-refractivity contribution in [2.24, 2.45) is 10.9 Å². The molecule has 2 rings (SSSR count). The number of guanidine groups is 1. The maximum atomic E-state index is 11.6. The smallest absolute Gasteiger partial charge is 0.211 e. The lowest BCUT2D eigenvalue weighted by molar-refractivity contribution is 0.167. The zero-order valence-electron chi connectivity index (χ0n) is 16.9. The van der Waals surface area contributed by atoms with Crippen molar-refractivity contribution in [1.82, 2.24) is 19.8 Å². The molecule has 0 atom stereocenters. The van der Waals surface area contributed by atoms with Crippen LogP contribution in [0.5, 0.6) is 0 Å². The summed E-state index contributed by atoms with van der Waals surface area (Å²) >= 11 is 0. The van der Waals surface area contributed by atoms with Crippen LogP contribution in [0, 0.1) is 5.92 Å². The van der Waals surface area contributed by atoms with Crippen LogP contribution in [0.4, 0.5) is 0 Å². The van der Waals surface area contributed by atoms with Gasteiger partial charge >= 0.3 is 0 Å². The van der Waals surface area contributed by atoms with Gasteiger partial charge in [-0.25, -0.2) is 12.7 Å². The normalized spacial score (nSPS) is 22.7. The van der Waals surface area contributed by atoms with Gasteiger partial charge in [0.15, 0.2) is 5.96 Å². The highest BCUT2D eigenvalue weighted by atomic mass is 32.2. The fourth-order valence-electron chi connectivity index (χ4n) is 3.72. The number of hydrogen-bond acceptors (Lipinski definition) is 4. The quantitative estimate of drug-likeness (QED) is 0.527. The van der Waals surface area contributed by atoms with E-state index in [0.717, 1.165) is 57.8 Å². The second-order valence-corrected chi connectivity index (χ2v) is 9.86. The average Bonchev–Trinajstić information content (AvgIpc) is 2.60. The maximum absolute atomic E-state index is 11.6. The van der Waals surface area contributed by atoms with Crippen LogP contribution in [0.1, 0.15) is 46.5 Å². The van der Waals surface area contributed by atoms with Gasteiger partial charge in [-0.1, -0.05) is 0 Å². The van der Waals surface area contributed by atoms with E-state index in [0.29, 0.717) is 31.1 Å². The first-order valence-electron chi connectivity index (χ1n) is 10.0. The van der Waals surface area contributed by atoms with Crippen molar-refractivity contribution < 1.29 is 8.42 Å². The predicted octanol–water partition coefficient (Wildman–Crippen LogP) is 1.09. The van der Waals surface area contributed by atoms with Crippen LogP contribution in [0.25, 0.3) is 0 Å². The van der Waals surface area contributed by atoms with E-state index in [9.17, 15) is 8.42 Å². The molecule has 2 saturated heterocycles. The van der Waals surface area contributed by atoms with Crippen LogP contribution in [0.3, 0.4) is 0 Å². The van der Waals surface area contributed by atoms with Crippen LogP contribution in [0.2, 0.25) is 0 Å². The summed E-state index contributed by atoms with van der Waals surface area (Å²) in [5.74, 6) is 1.37. The molecule has 0 aromatic carbocycles. The average molecular weight is 388 g/mol. The van der Waals surface area contributed by atoms with E-state index in [1.807, 2.05) is 0 Å². The summed E-state index contributed by atoms with van der Waals surface area (Å²) in [6, 6.07) is 1.10. The summed E-state index contributed by atoms with van der Waals surface area (Å²) in [5, 5.41) is 6.95. The van der Waals surface area contributed by atoms with Gasteiger partial charge in [0.05, 0.1) is 6.26 Å². The van der Waals surface area contributed by atoms with Crippen molar-refractivity contribution in [3.63, 3.8) is 0 Å². The predicted molar refractivity (Wildman–Crippen MR) is 108 cm³/mol. The van der Waals surface area contributed by atoms with Gasteiger partial charge in [-0.15, -0.1) is 0 Å². The summed E-state index contributed by atoms with van der Waals surface area (Å²) in [5.41, 5.74) is 0. The van der Waals surface area contributed by atoms with Crippen molar-refractivity contribution in [2.45, 2.75) is 58.5 Å². The van der Waals surface area contributed by atoms with E-state index in [1.165, 1.54) is 6.26 Å². The summed E-state index contributed by atoms with van der Waals surface area (Å²) < 4.78 is 24.8. The highest BCUT2D eigenvalue weighted by Crippen LogP contribution is 2.19. The molecule has 0 aromatic rings. The highest BCUT2D eigenvalue weighted by molar-refractivity contribution is 7.88. The molecule has 26 heavy (non-hydrogen) atoms. The SMILES string of the molecule is CCNC(=NCC1CCN(S(C)(=O)=O)CC1)NC1CCN(C(C)C)CC1. The third-order valence-electron chi connectivity index (χ3n) is 5.50. The minimum atomic E-state index is -3.05. The first-order valence-corrected chi connectivity index (χ1v) is 11.9. The molecule has 0 aliphatic carbocycles. The molecule has 0 spiro atoms. The summed E-state index contributed by atoms with van der Waals surface area (Å²) in [6.07, 6.45) is 5.37. The third-order valence-corrected chi connectivity index (χ3v) is 6.80. The molecule has 0 radical (unpaired) electrons. The molecule has 0 unspecified atom stereocenters. The molecule has 2 heterocycles. The Morgan fingerprint density at radius 2 is 1.73 bits per heavy atom. The van der Waals surface area contributed by atoms with Gasteiger partial charge in [0.25, 0.3) is 0 Å². The second-order valence-electron chi connectivity index (χ2n) is 7.87. The van der Waals surface area contributed by atoms with Gasteiger partial charge in [0.2, 0.25) is 10.0 Å². The van der Waals surface area contributed by atoms with E-state index in [-0.39, 0.29) is 0 Å². The molecule has 2 aliphatic rings. The topological polar surface area (TPSA) is 77.0 Å². The molecule has 0 amide bonds. The van der Waals surface area contributed by atoms with Gasteiger partial charge in [-0.05, 0) is 52.4 Å². The van der Waals surface area contributed by atoms with E-state index in [2.05, 4.69) is 36.3 Å². The molecule has 0 saturated carbocycles. The molecule has 0 bridgehead atoms. The van der Waals surface area contributed by atoms with Crippen molar-refractivity contribution in [2.75, 3.05) is 45.5 Å². The van der Waals surface area contributed by atoms with Crippen molar-refractivity contribution in [3.05, 3.63) is 0 Å². The minimum absolute atomic E-state index is 0.464. The Balaban J connectivity index is 1.80. The molecular formula is C18H37N5O2S. The van der Waals surface area contributed by atoms with Gasteiger partial charge in [0, 0.05) is 51.4 Å². The van der Waals surface area contributed by atoms with Crippen LogP contribution in [0.15, 0.2) is 4.99 Å². The number of nitrogens with zero attached hydrogens (tertiary/aromatic N) is 3. The molecule has 152 valence electrons. The molecule has 2 aliphatic heterocycles. The van der Waals surface area contributed by atoms with E-state index < -0.39 is 10.0 Å². The minimum Gasteiger partial charge on any atom is -0.357 e. The molecule has 8 heteroatoms. The van der Waals surface area contributed by atoms with Gasteiger partial charge in [0.1, 0.15) is 0 Å². The Labute approximate surface area is 159 Å². The van der Waals surface area contributed by atoms with Crippen LogP contribution in [-0.4, -0.2) is 81.2 Å². The molecule has 2 N–H and O–H groups in total. The lowest BCUT2D eigenvalue weighted by Gasteiger charge is -2.35. The Hall–Kier alpha value is -0.860. The first kappa shape index (κ1) is 21.4. The number of nitrogens with one attached hydrogen (secondary N) is 2. The first-order chi connectivity index (χ1) is 12.3. The lowest BCUT2D eigenvalue weighted by atomic mass is 9.98. The second kappa shape index (κ2) is 9.90. The standard InChI is InChI=1S/C18H37N5O2S/c1-5-19-18(21-17-8-10-22(11-9-17)15(2)3)20-14-16-6-12-23(13-7-16)26(4,24)25/h15-17H,5-14H2,1-4H3,(H2,19,20,21). The zero-order valence-corrected chi connectivity index (χ0v) is 17.7. The number of sulfonamides is 1. The van der Waals surface area contributed by atoms with Crippen molar-refractivity contribution in [3.8, 4) is 0 Å². The van der Waals surface area contributed by atoms with Gasteiger partial charge in [-0.3, -0.25) is 4.99 Å². The number of likely N-dealkylation sites (tertiary alicyclic amines) is 1. The Morgan fingerprint density at radius 1 is 1.12 bits per heavy atom. The van der Waals surface area contributed by atoms with Crippen LogP contribution < -0.4 is 10.6 Å². The summed E-state index contributed by atoms with van der Waals surface area (Å²) in [4.78, 5) is 7.31. The van der Waals surface area contributed by atoms with E-state index in [1.54, 1.807) is 4.31 Å². The fourth-order valence-corrected chi connectivity index (χ4v) is 4.59.